The van der Waals surface area contributed by atoms with Gasteiger partial charge in [-0.15, -0.1) is 0 Å². The summed E-state index contributed by atoms with van der Waals surface area (Å²) in [6.45, 7) is 0.163. The Balaban J connectivity index is 1.25. The third-order valence-electron chi connectivity index (χ3n) is 6.45. The second-order valence-corrected chi connectivity index (χ2v) is 8.61. The van der Waals surface area contributed by atoms with Crippen molar-refractivity contribution in [2.24, 2.45) is 7.05 Å². The number of carbonyl (C=O) groups excluding carboxylic acids is 1. The molecule has 1 fully saturated rings. The van der Waals surface area contributed by atoms with Crippen LogP contribution in [0, 0.1) is 11.3 Å². The predicted octanol–water partition coefficient (Wildman–Crippen LogP) is 4.60. The molecule has 0 spiro atoms. The molecule has 170 valence electrons. The fourth-order valence-electron chi connectivity index (χ4n) is 4.60. The number of rotatable bonds is 5. The highest BCUT2D eigenvalue weighted by Gasteiger charge is 2.39. The Labute approximate surface area is 197 Å². The average Bonchev–Trinajstić information content (AvgIpc) is 3.50. The number of fused-ring (bicyclic) bond motifs is 1. The number of ether oxygens (including phenoxy) is 1. The molecule has 8 heteroatoms. The van der Waals surface area contributed by atoms with E-state index >= 15 is 0 Å². The fourth-order valence-corrected chi connectivity index (χ4v) is 4.60. The van der Waals surface area contributed by atoms with E-state index in [4.69, 9.17) is 10.00 Å². The van der Waals surface area contributed by atoms with E-state index in [1.165, 1.54) is 0 Å². The molecule has 0 radical (unpaired) electrons. The minimum Gasteiger partial charge on any atom is -0.445 e. The third kappa shape index (κ3) is 4.20. The zero-order valence-corrected chi connectivity index (χ0v) is 18.9. The van der Waals surface area contributed by atoms with Gasteiger partial charge in [0.05, 0.1) is 22.9 Å². The van der Waals surface area contributed by atoms with Gasteiger partial charge in [0.25, 0.3) is 0 Å². The molecule has 4 aromatic rings. The molecule has 1 aliphatic rings. The molecule has 1 saturated carbocycles. The zero-order chi connectivity index (χ0) is 23.5. The molecule has 0 atom stereocenters. The summed E-state index contributed by atoms with van der Waals surface area (Å²) in [4.78, 5) is 20.9. The van der Waals surface area contributed by atoms with E-state index < -0.39 is 11.6 Å². The second-order valence-electron chi connectivity index (χ2n) is 8.61. The summed E-state index contributed by atoms with van der Waals surface area (Å²) in [6.07, 6.45) is 6.36. The predicted molar refractivity (Wildman–Crippen MR) is 126 cm³/mol. The van der Waals surface area contributed by atoms with Crippen LogP contribution in [0.1, 0.15) is 42.8 Å². The Bertz CT molecular complexity index is 1380. The SMILES string of the molecule is Cn1ncc2ccc(-c3ccc(COC(=O)NC4(c5ccnc(C#N)n5)CCCC4)cc3)cc21. The number of aryl methyl sites for hydroxylation is 1. The van der Waals surface area contributed by atoms with Gasteiger partial charge in [-0.05, 0) is 41.7 Å². The fraction of sp³-hybridized carbons (Fsp3) is 0.269. The zero-order valence-electron chi connectivity index (χ0n) is 18.9. The van der Waals surface area contributed by atoms with Crippen molar-refractivity contribution in [1.29, 1.82) is 5.26 Å². The average molecular weight is 453 g/mol. The van der Waals surface area contributed by atoms with Crippen LogP contribution in [0.3, 0.4) is 0 Å². The molecule has 1 N–H and O–H groups in total. The minimum atomic E-state index is -0.625. The molecule has 2 aromatic heterocycles. The van der Waals surface area contributed by atoms with Crippen molar-refractivity contribution in [3.8, 4) is 17.2 Å². The molecule has 0 saturated heterocycles. The lowest BCUT2D eigenvalue weighted by atomic mass is 9.93. The highest BCUT2D eigenvalue weighted by Crippen LogP contribution is 2.38. The first-order valence-electron chi connectivity index (χ1n) is 11.3. The van der Waals surface area contributed by atoms with Gasteiger partial charge in [0, 0.05) is 18.6 Å². The number of alkyl carbamates (subject to hydrolysis) is 1. The maximum absolute atomic E-state index is 12.7. The molecule has 8 nitrogen and oxygen atoms in total. The van der Waals surface area contributed by atoms with Crippen molar-refractivity contribution in [3.63, 3.8) is 0 Å². The molecule has 0 aliphatic heterocycles. The van der Waals surface area contributed by atoms with Gasteiger partial charge in [-0.3, -0.25) is 4.68 Å². The number of hydrogen-bond acceptors (Lipinski definition) is 6. The summed E-state index contributed by atoms with van der Waals surface area (Å²) in [5.74, 6) is 0.0987. The van der Waals surface area contributed by atoms with Crippen molar-refractivity contribution in [3.05, 3.63) is 78.0 Å². The Morgan fingerprint density at radius 2 is 1.91 bits per heavy atom. The second kappa shape index (κ2) is 8.94. The van der Waals surface area contributed by atoms with Gasteiger partial charge in [0.2, 0.25) is 5.82 Å². The molecule has 2 aromatic carbocycles. The lowest BCUT2D eigenvalue weighted by Crippen LogP contribution is -2.44. The van der Waals surface area contributed by atoms with Crippen LogP contribution in [0.4, 0.5) is 4.79 Å². The van der Waals surface area contributed by atoms with Gasteiger partial charge in [-0.1, -0.05) is 49.2 Å². The normalized spacial score (nSPS) is 14.6. The van der Waals surface area contributed by atoms with Crippen LogP contribution in [-0.2, 0) is 23.9 Å². The monoisotopic (exact) mass is 452 g/mol. The van der Waals surface area contributed by atoms with E-state index in [1.807, 2.05) is 48.3 Å². The van der Waals surface area contributed by atoms with E-state index in [-0.39, 0.29) is 12.4 Å². The molecule has 1 amide bonds. The number of aromatic nitrogens is 4. The highest BCUT2D eigenvalue weighted by molar-refractivity contribution is 5.84. The van der Waals surface area contributed by atoms with E-state index in [2.05, 4.69) is 38.6 Å². The standard InChI is InChI=1S/C26H24N6O2/c1-32-22-14-20(8-9-21(22)16-29-32)19-6-4-18(5-7-19)17-34-25(33)31-26(11-2-3-12-26)23-10-13-28-24(15-27)30-23/h4-10,13-14,16H,2-3,11-12,17H2,1H3,(H,31,33). The van der Waals surface area contributed by atoms with Gasteiger partial charge >= 0.3 is 6.09 Å². The van der Waals surface area contributed by atoms with Crippen LogP contribution >= 0.6 is 0 Å². The van der Waals surface area contributed by atoms with Crippen LogP contribution in [0.15, 0.2) is 60.9 Å². The van der Waals surface area contributed by atoms with Crippen LogP contribution < -0.4 is 5.32 Å². The minimum absolute atomic E-state index is 0.0987. The first-order valence-corrected chi connectivity index (χ1v) is 11.3. The summed E-state index contributed by atoms with van der Waals surface area (Å²) in [5, 5.41) is 17.5. The maximum Gasteiger partial charge on any atom is 0.408 e. The first-order chi connectivity index (χ1) is 16.6. The Morgan fingerprint density at radius 3 is 2.68 bits per heavy atom. The molecule has 0 bridgehead atoms. The van der Waals surface area contributed by atoms with Gasteiger partial charge < -0.3 is 10.1 Å². The van der Waals surface area contributed by atoms with Gasteiger partial charge in [-0.25, -0.2) is 14.8 Å². The number of nitriles is 1. The summed E-state index contributed by atoms with van der Waals surface area (Å²) in [7, 11) is 1.93. The highest BCUT2D eigenvalue weighted by atomic mass is 16.5. The van der Waals surface area contributed by atoms with Crippen LogP contribution in [-0.4, -0.2) is 25.8 Å². The van der Waals surface area contributed by atoms with Crippen LogP contribution in [0.25, 0.3) is 22.0 Å². The molecular formula is C26H24N6O2. The van der Waals surface area contributed by atoms with Crippen LogP contribution in [0.2, 0.25) is 0 Å². The maximum atomic E-state index is 12.7. The molecule has 34 heavy (non-hydrogen) atoms. The quantitative estimate of drug-likeness (QED) is 0.474. The smallest absolute Gasteiger partial charge is 0.408 e. The first kappa shape index (κ1) is 21.6. The van der Waals surface area contributed by atoms with E-state index in [0.29, 0.717) is 5.69 Å². The summed E-state index contributed by atoms with van der Waals surface area (Å²) < 4.78 is 7.39. The number of carbonyl (C=O) groups is 1. The topological polar surface area (TPSA) is 106 Å². The van der Waals surface area contributed by atoms with Gasteiger partial charge in [-0.2, -0.15) is 10.4 Å². The third-order valence-corrected chi connectivity index (χ3v) is 6.45. The molecular weight excluding hydrogens is 428 g/mol. The molecule has 2 heterocycles. The Morgan fingerprint density at radius 1 is 1.15 bits per heavy atom. The number of benzene rings is 2. The lowest BCUT2D eigenvalue weighted by molar-refractivity contribution is 0.125. The van der Waals surface area contributed by atoms with Crippen molar-refractivity contribution in [2.75, 3.05) is 0 Å². The summed E-state index contributed by atoms with van der Waals surface area (Å²) >= 11 is 0. The van der Waals surface area contributed by atoms with Crippen molar-refractivity contribution in [2.45, 2.75) is 37.8 Å². The van der Waals surface area contributed by atoms with E-state index in [1.54, 1.807) is 12.3 Å². The summed E-state index contributed by atoms with van der Waals surface area (Å²) in [5.41, 5.74) is 4.19. The van der Waals surface area contributed by atoms with Crippen molar-refractivity contribution < 1.29 is 9.53 Å². The Kier molecular flexibility index (Phi) is 5.68. The molecule has 0 unspecified atom stereocenters. The van der Waals surface area contributed by atoms with Gasteiger partial charge in [0.1, 0.15) is 12.7 Å². The van der Waals surface area contributed by atoms with Crippen molar-refractivity contribution in [1.82, 2.24) is 25.1 Å². The van der Waals surface area contributed by atoms with E-state index in [9.17, 15) is 4.79 Å². The van der Waals surface area contributed by atoms with Crippen LogP contribution in [0.5, 0.6) is 0 Å². The number of nitrogens with one attached hydrogen (secondary N) is 1. The molecule has 5 rings (SSSR count). The van der Waals surface area contributed by atoms with E-state index in [0.717, 1.165) is 53.3 Å². The summed E-state index contributed by atoms with van der Waals surface area (Å²) in [6, 6.07) is 18.0. The molecule has 1 aliphatic carbocycles. The number of nitrogens with zero attached hydrogens (tertiary/aromatic N) is 5. The number of hydrogen-bond donors (Lipinski definition) is 1. The number of amides is 1. The lowest BCUT2D eigenvalue weighted by Gasteiger charge is -2.29. The van der Waals surface area contributed by atoms with Gasteiger partial charge in [0.15, 0.2) is 0 Å². The largest absolute Gasteiger partial charge is 0.445 e. The Hall–Kier alpha value is -4.25. The van der Waals surface area contributed by atoms with Crippen molar-refractivity contribution >= 4 is 17.0 Å².